The first-order chi connectivity index (χ1) is 5.74. The first kappa shape index (κ1) is 12.8. The summed E-state index contributed by atoms with van der Waals surface area (Å²) in [4.78, 5) is 7.81. The first-order valence-corrected chi connectivity index (χ1v) is 4.06. The van der Waals surface area contributed by atoms with Gasteiger partial charge < -0.3 is 0 Å². The van der Waals surface area contributed by atoms with Gasteiger partial charge in [-0.1, -0.05) is 11.6 Å². The fraction of sp³-hybridized carbons (Fsp3) is 0.200. The maximum Gasteiger partial charge on any atom is 0.160 e. The molecule has 0 aliphatic carbocycles. The number of halogens is 1. The van der Waals surface area contributed by atoms with Crippen molar-refractivity contribution in [2.75, 3.05) is 11.4 Å². The molecular formula is C5H9ClN4OS2. The van der Waals surface area contributed by atoms with Gasteiger partial charge in [0.25, 0.3) is 0 Å². The SMILES string of the molecule is CN(SON)c1cncc(Cl)n1.S. The molecule has 0 aliphatic heterocycles. The van der Waals surface area contributed by atoms with Crippen LogP contribution in [-0.4, -0.2) is 17.0 Å². The van der Waals surface area contributed by atoms with Crippen molar-refractivity contribution in [2.24, 2.45) is 5.90 Å². The van der Waals surface area contributed by atoms with Crippen LogP contribution in [0.1, 0.15) is 0 Å². The minimum atomic E-state index is 0. The molecule has 1 aromatic heterocycles. The molecule has 1 rings (SSSR count). The molecule has 1 heterocycles. The highest BCUT2D eigenvalue weighted by Gasteiger charge is 2.03. The van der Waals surface area contributed by atoms with Crippen LogP contribution in [0.3, 0.4) is 0 Å². The van der Waals surface area contributed by atoms with Crippen LogP contribution in [-0.2, 0) is 4.28 Å². The molecule has 1 aromatic rings. The third-order valence-electron chi connectivity index (χ3n) is 1.07. The molecule has 0 aromatic carbocycles. The smallest absolute Gasteiger partial charge is 0.160 e. The quantitative estimate of drug-likeness (QED) is 0.486. The summed E-state index contributed by atoms with van der Waals surface area (Å²) in [6.45, 7) is 0. The number of aromatic nitrogens is 2. The lowest BCUT2D eigenvalue weighted by Gasteiger charge is -2.12. The molecule has 5 nitrogen and oxygen atoms in total. The van der Waals surface area contributed by atoms with Crippen molar-refractivity contribution >= 4 is 43.1 Å². The van der Waals surface area contributed by atoms with Crippen LogP contribution < -0.4 is 10.2 Å². The first-order valence-electron chi connectivity index (χ1n) is 2.99. The zero-order valence-corrected chi connectivity index (χ0v) is 9.34. The number of hydrogen-bond donors (Lipinski definition) is 1. The third-order valence-corrected chi connectivity index (χ3v) is 1.75. The highest BCUT2D eigenvalue weighted by molar-refractivity contribution is 7.96. The van der Waals surface area contributed by atoms with E-state index in [2.05, 4.69) is 14.3 Å². The lowest BCUT2D eigenvalue weighted by Crippen LogP contribution is -2.11. The Kier molecular flexibility index (Phi) is 6.17. The monoisotopic (exact) mass is 240 g/mol. The highest BCUT2D eigenvalue weighted by atomic mass is 35.5. The fourth-order valence-electron chi connectivity index (χ4n) is 0.587. The van der Waals surface area contributed by atoms with Gasteiger partial charge in [0.1, 0.15) is 17.4 Å². The van der Waals surface area contributed by atoms with Crippen molar-refractivity contribution in [1.82, 2.24) is 9.97 Å². The zero-order valence-electron chi connectivity index (χ0n) is 6.77. The Balaban J connectivity index is 0.00000144. The summed E-state index contributed by atoms with van der Waals surface area (Å²) < 4.78 is 5.93. The van der Waals surface area contributed by atoms with E-state index in [0.29, 0.717) is 11.0 Å². The molecule has 8 heteroatoms. The molecule has 0 amide bonds. The van der Waals surface area contributed by atoms with Crippen molar-refractivity contribution in [3.8, 4) is 0 Å². The Morgan fingerprint density at radius 2 is 2.31 bits per heavy atom. The van der Waals surface area contributed by atoms with Crippen molar-refractivity contribution in [1.29, 1.82) is 0 Å². The lowest BCUT2D eigenvalue weighted by atomic mass is 10.7. The van der Waals surface area contributed by atoms with Gasteiger partial charge in [0.05, 0.1) is 12.4 Å². The largest absolute Gasteiger partial charge is 0.278 e. The van der Waals surface area contributed by atoms with Crippen molar-refractivity contribution in [2.45, 2.75) is 0 Å². The number of anilines is 1. The van der Waals surface area contributed by atoms with E-state index in [4.69, 9.17) is 17.5 Å². The maximum absolute atomic E-state index is 5.61. The average molecular weight is 241 g/mol. The summed E-state index contributed by atoms with van der Waals surface area (Å²) in [5.74, 6) is 5.43. The molecule has 2 N–H and O–H groups in total. The Morgan fingerprint density at radius 1 is 1.62 bits per heavy atom. The normalized spacial score (nSPS) is 9.15. The summed E-state index contributed by atoms with van der Waals surface area (Å²) in [6, 6.07) is 0. The van der Waals surface area contributed by atoms with Crippen LogP contribution in [0.25, 0.3) is 0 Å². The minimum absolute atomic E-state index is 0. The van der Waals surface area contributed by atoms with E-state index in [9.17, 15) is 0 Å². The molecule has 0 unspecified atom stereocenters. The molecule has 0 saturated carbocycles. The second-order valence-electron chi connectivity index (χ2n) is 1.87. The van der Waals surface area contributed by atoms with E-state index in [-0.39, 0.29) is 13.5 Å². The maximum atomic E-state index is 5.61. The molecular weight excluding hydrogens is 232 g/mol. The van der Waals surface area contributed by atoms with E-state index >= 15 is 0 Å². The predicted molar refractivity (Wildman–Crippen MR) is 58.7 cm³/mol. The Morgan fingerprint density at radius 3 is 2.85 bits per heavy atom. The van der Waals surface area contributed by atoms with Crippen molar-refractivity contribution in [3.63, 3.8) is 0 Å². The van der Waals surface area contributed by atoms with Crippen LogP contribution in [0, 0.1) is 0 Å². The Hall–Kier alpha value is -0.210. The van der Waals surface area contributed by atoms with E-state index in [1.807, 2.05) is 0 Å². The van der Waals surface area contributed by atoms with Gasteiger partial charge in [0.2, 0.25) is 0 Å². The fourth-order valence-corrected chi connectivity index (χ4v) is 1.02. The second kappa shape index (κ2) is 6.28. The van der Waals surface area contributed by atoms with Gasteiger partial charge in [-0.15, -0.1) is 0 Å². The summed E-state index contributed by atoms with van der Waals surface area (Å²) in [5, 5.41) is 0.331. The lowest BCUT2D eigenvalue weighted by molar-refractivity contribution is 0.397. The average Bonchev–Trinajstić information content (AvgIpc) is 2.05. The van der Waals surface area contributed by atoms with Gasteiger partial charge in [0, 0.05) is 7.05 Å². The molecule has 0 radical (unpaired) electrons. The summed E-state index contributed by atoms with van der Waals surface area (Å²) in [6.07, 6.45) is 3.00. The van der Waals surface area contributed by atoms with E-state index < -0.39 is 0 Å². The number of rotatable bonds is 3. The Labute approximate surface area is 92.4 Å². The van der Waals surface area contributed by atoms with E-state index in [1.165, 1.54) is 6.20 Å². The predicted octanol–water partition coefficient (Wildman–Crippen LogP) is 1.13. The van der Waals surface area contributed by atoms with E-state index in [0.717, 1.165) is 12.2 Å². The minimum Gasteiger partial charge on any atom is -0.278 e. The van der Waals surface area contributed by atoms with Crippen molar-refractivity contribution < 1.29 is 4.28 Å². The standard InChI is InChI=1S/C5H7ClN4OS.H2S/c1-10(12-11-7)5-3-8-2-4(6)9-5;/h2-3H,7H2,1H3;1H2. The molecule has 0 atom stereocenters. The second-order valence-corrected chi connectivity index (χ2v) is 3.14. The van der Waals surface area contributed by atoms with Crippen LogP contribution in [0.4, 0.5) is 5.82 Å². The summed E-state index contributed by atoms with van der Waals surface area (Å²) in [7, 11) is 1.73. The van der Waals surface area contributed by atoms with Gasteiger partial charge in [0.15, 0.2) is 5.82 Å². The number of nitrogens with two attached hydrogens (primary N) is 1. The highest BCUT2D eigenvalue weighted by Crippen LogP contribution is 2.17. The zero-order chi connectivity index (χ0) is 8.97. The number of hydrogen-bond acceptors (Lipinski definition) is 6. The van der Waals surface area contributed by atoms with E-state index in [1.54, 1.807) is 17.5 Å². The molecule has 0 fully saturated rings. The van der Waals surface area contributed by atoms with Crippen molar-refractivity contribution in [3.05, 3.63) is 17.5 Å². The van der Waals surface area contributed by atoms with Gasteiger partial charge in [-0.25, -0.2) is 15.2 Å². The molecule has 0 spiro atoms. The Bertz CT molecular complexity index is 264. The number of nitrogens with zero attached hydrogens (tertiary/aromatic N) is 3. The van der Waals surface area contributed by atoms with Gasteiger partial charge in [-0.05, 0) is 0 Å². The molecule has 74 valence electrons. The summed E-state index contributed by atoms with van der Waals surface area (Å²) in [5.41, 5.74) is 0. The van der Waals surface area contributed by atoms with Crippen LogP contribution >= 0.6 is 37.3 Å². The topological polar surface area (TPSA) is 64.3 Å². The van der Waals surface area contributed by atoms with Gasteiger partial charge in [-0.3, -0.25) is 9.29 Å². The molecule has 0 aliphatic rings. The molecule has 0 bridgehead atoms. The van der Waals surface area contributed by atoms with Crippen LogP contribution in [0.15, 0.2) is 12.4 Å². The summed E-state index contributed by atoms with van der Waals surface area (Å²) >= 11 is 6.55. The molecule has 0 saturated heterocycles. The van der Waals surface area contributed by atoms with Crippen LogP contribution in [0.2, 0.25) is 5.15 Å². The van der Waals surface area contributed by atoms with Gasteiger partial charge in [-0.2, -0.15) is 13.5 Å². The van der Waals surface area contributed by atoms with Crippen LogP contribution in [0.5, 0.6) is 0 Å². The third kappa shape index (κ3) is 4.01. The van der Waals surface area contributed by atoms with Gasteiger partial charge >= 0.3 is 0 Å². The molecule has 13 heavy (non-hydrogen) atoms.